The number of benzene rings is 2. The summed E-state index contributed by atoms with van der Waals surface area (Å²) in [5, 5.41) is 3.31. The van der Waals surface area contributed by atoms with Crippen molar-refractivity contribution in [3.8, 4) is 0 Å². The molecule has 57 heavy (non-hydrogen) atoms. The average molecular weight is 832 g/mol. The first kappa shape index (κ1) is 43.9. The molecule has 3 heterocycles. The minimum absolute atomic E-state index is 0.0117. The molecule has 0 unspecified atom stereocenters. The van der Waals surface area contributed by atoms with Crippen LogP contribution in [0.5, 0.6) is 0 Å². The van der Waals surface area contributed by atoms with Crippen molar-refractivity contribution < 1.29 is 48.8 Å². The fourth-order valence-electron chi connectivity index (χ4n) is 6.87. The predicted octanol–water partition coefficient (Wildman–Crippen LogP) is 7.45. The maximum absolute atomic E-state index is 15.2. The third-order valence-electron chi connectivity index (χ3n) is 9.62. The standard InChI is InChI=1S/C38H45F7N5O6P/c1-4-54-57(53,55-5-2)22-10-17-46-32(27-11-7-6-8-12-27)25-50-35(51)34(48-20-18-47(19-21-48)23-28-15-16-33(56-28)38(43,44)45)26(3)49(36(50)52)24-29-30(37(40,41)42)13-9-14-31(29)39/h6-9,11-16,32,46H,4-5,10,17-25H2,1-3H3/t32-/m0/s1. The molecule has 312 valence electrons. The molecule has 0 saturated carbocycles. The Morgan fingerprint density at radius 3 is 2.11 bits per heavy atom. The zero-order valence-corrected chi connectivity index (χ0v) is 32.6. The molecule has 5 rings (SSSR count). The van der Waals surface area contributed by atoms with Gasteiger partial charge < -0.3 is 23.7 Å². The summed E-state index contributed by atoms with van der Waals surface area (Å²) in [6.07, 6.45) is -9.18. The van der Waals surface area contributed by atoms with Gasteiger partial charge in [0.15, 0.2) is 0 Å². The molecule has 1 aliphatic heterocycles. The van der Waals surface area contributed by atoms with Crippen LogP contribution < -0.4 is 21.5 Å². The van der Waals surface area contributed by atoms with Crippen molar-refractivity contribution in [2.45, 2.75) is 65.2 Å². The second-order valence-corrected chi connectivity index (χ2v) is 15.6. The summed E-state index contributed by atoms with van der Waals surface area (Å²) in [4.78, 5) is 32.3. The van der Waals surface area contributed by atoms with Gasteiger partial charge in [-0.25, -0.2) is 9.18 Å². The van der Waals surface area contributed by atoms with E-state index in [1.165, 1.54) is 13.0 Å². The molecule has 0 amide bonds. The first-order valence-corrected chi connectivity index (χ1v) is 20.2. The molecule has 1 fully saturated rings. The van der Waals surface area contributed by atoms with E-state index in [2.05, 4.69) is 5.32 Å². The van der Waals surface area contributed by atoms with Crippen molar-refractivity contribution in [3.05, 3.63) is 121 Å². The van der Waals surface area contributed by atoms with Crippen LogP contribution in [0.2, 0.25) is 0 Å². The molecule has 0 spiro atoms. The van der Waals surface area contributed by atoms with Gasteiger partial charge in [-0.05, 0) is 63.6 Å². The molecule has 0 radical (unpaired) electrons. The molecule has 1 saturated heterocycles. The zero-order chi connectivity index (χ0) is 41.5. The van der Waals surface area contributed by atoms with E-state index in [4.69, 9.17) is 13.5 Å². The summed E-state index contributed by atoms with van der Waals surface area (Å²) in [6.45, 7) is 5.18. The van der Waals surface area contributed by atoms with Crippen LogP contribution in [0.15, 0.2) is 74.7 Å². The Morgan fingerprint density at radius 2 is 1.51 bits per heavy atom. The second-order valence-electron chi connectivity index (χ2n) is 13.5. The number of nitrogens with zero attached hydrogens (tertiary/aromatic N) is 4. The quantitative estimate of drug-likeness (QED) is 0.0660. The van der Waals surface area contributed by atoms with Crippen molar-refractivity contribution >= 4 is 13.3 Å². The van der Waals surface area contributed by atoms with E-state index in [9.17, 15) is 40.5 Å². The van der Waals surface area contributed by atoms with E-state index in [-0.39, 0.29) is 82.3 Å². The van der Waals surface area contributed by atoms with E-state index < -0.39 is 66.5 Å². The summed E-state index contributed by atoms with van der Waals surface area (Å²) >= 11 is 0. The molecule has 1 aliphatic rings. The summed E-state index contributed by atoms with van der Waals surface area (Å²) in [7, 11) is -3.37. The normalized spacial score (nSPS) is 15.0. The molecule has 0 bridgehead atoms. The summed E-state index contributed by atoms with van der Waals surface area (Å²) < 4.78 is 128. The zero-order valence-electron chi connectivity index (χ0n) is 31.7. The van der Waals surface area contributed by atoms with Crippen LogP contribution >= 0.6 is 7.60 Å². The van der Waals surface area contributed by atoms with Crippen LogP contribution in [-0.2, 0) is 45.6 Å². The number of anilines is 1. The maximum Gasteiger partial charge on any atom is 0.449 e. The van der Waals surface area contributed by atoms with Gasteiger partial charge in [-0.1, -0.05) is 36.4 Å². The third-order valence-corrected chi connectivity index (χ3v) is 11.8. The lowest BCUT2D eigenvalue weighted by Gasteiger charge is -2.36. The van der Waals surface area contributed by atoms with Crippen molar-refractivity contribution in [1.29, 1.82) is 0 Å². The first-order chi connectivity index (χ1) is 27.0. The largest absolute Gasteiger partial charge is 0.455 e. The molecule has 11 nitrogen and oxygen atoms in total. The molecule has 0 aliphatic carbocycles. The fraction of sp³-hybridized carbons (Fsp3) is 0.474. The summed E-state index contributed by atoms with van der Waals surface area (Å²) in [5.74, 6) is -2.22. The van der Waals surface area contributed by atoms with Gasteiger partial charge in [0.1, 0.15) is 17.3 Å². The summed E-state index contributed by atoms with van der Waals surface area (Å²) in [5.41, 5.74) is -3.05. The highest BCUT2D eigenvalue weighted by Gasteiger charge is 2.37. The number of halogens is 7. The van der Waals surface area contributed by atoms with Crippen LogP contribution in [0.3, 0.4) is 0 Å². The Hall–Kier alpha value is -4.22. The molecular formula is C38H45F7N5O6P. The number of rotatable bonds is 17. The second kappa shape index (κ2) is 18.6. The summed E-state index contributed by atoms with van der Waals surface area (Å²) in [6, 6.07) is 12.7. The van der Waals surface area contributed by atoms with Gasteiger partial charge in [-0.3, -0.25) is 23.4 Å². The molecule has 19 heteroatoms. The number of hydrogen-bond acceptors (Lipinski definition) is 9. The van der Waals surface area contributed by atoms with Crippen LogP contribution in [-0.4, -0.2) is 66.1 Å². The minimum atomic E-state index is -4.95. The van der Waals surface area contributed by atoms with Crippen molar-refractivity contribution in [3.63, 3.8) is 0 Å². The van der Waals surface area contributed by atoms with E-state index in [1.54, 1.807) is 49.1 Å². The lowest BCUT2D eigenvalue weighted by atomic mass is 10.1. The number of alkyl halides is 6. The SMILES string of the molecule is CCOP(=O)(CCCN[C@@H](Cn1c(=O)c(N2CCN(Cc3ccc(C(F)(F)F)o3)CC2)c(C)n(Cc2c(F)cccc2C(F)(F)F)c1=O)c1ccccc1)OCC. The Morgan fingerprint density at radius 1 is 0.842 bits per heavy atom. The monoisotopic (exact) mass is 831 g/mol. The van der Waals surface area contributed by atoms with Crippen molar-refractivity contribution in [2.75, 3.05) is 57.0 Å². The highest BCUT2D eigenvalue weighted by Crippen LogP contribution is 2.48. The topological polar surface area (TPSA) is 111 Å². The highest BCUT2D eigenvalue weighted by molar-refractivity contribution is 7.53. The van der Waals surface area contributed by atoms with E-state index in [1.807, 2.05) is 4.90 Å². The van der Waals surface area contributed by atoms with Gasteiger partial charge in [0.05, 0.1) is 50.6 Å². The first-order valence-electron chi connectivity index (χ1n) is 18.4. The van der Waals surface area contributed by atoms with Crippen molar-refractivity contribution in [1.82, 2.24) is 19.4 Å². The lowest BCUT2D eigenvalue weighted by Crippen LogP contribution is -2.51. The molecule has 2 aromatic carbocycles. The van der Waals surface area contributed by atoms with Crippen LogP contribution in [0.25, 0.3) is 0 Å². The number of aromatic nitrogens is 2. The lowest BCUT2D eigenvalue weighted by molar-refractivity contribution is -0.153. The Kier molecular flexibility index (Phi) is 14.3. The molecule has 1 N–H and O–H groups in total. The Labute approximate surface area is 324 Å². The molecular weight excluding hydrogens is 786 g/mol. The number of hydrogen-bond donors (Lipinski definition) is 1. The predicted molar refractivity (Wildman–Crippen MR) is 199 cm³/mol. The Balaban J connectivity index is 1.51. The van der Waals surface area contributed by atoms with Crippen molar-refractivity contribution in [2.24, 2.45) is 0 Å². The van der Waals surface area contributed by atoms with E-state index in [0.717, 1.165) is 33.4 Å². The minimum Gasteiger partial charge on any atom is -0.455 e. The van der Waals surface area contributed by atoms with E-state index in [0.29, 0.717) is 12.0 Å². The number of nitrogens with one attached hydrogen (secondary N) is 1. The molecule has 2 aromatic heterocycles. The average Bonchev–Trinajstić information content (AvgIpc) is 3.63. The van der Waals surface area contributed by atoms with Gasteiger partial charge in [0.25, 0.3) is 5.56 Å². The highest BCUT2D eigenvalue weighted by atomic mass is 31.2. The number of furan rings is 1. The maximum atomic E-state index is 15.2. The van der Waals surface area contributed by atoms with Gasteiger partial charge in [-0.15, -0.1) is 0 Å². The third kappa shape index (κ3) is 10.8. The van der Waals surface area contributed by atoms with Crippen LogP contribution in [0.1, 0.15) is 60.2 Å². The van der Waals surface area contributed by atoms with Gasteiger partial charge >= 0.3 is 25.6 Å². The van der Waals surface area contributed by atoms with Gasteiger partial charge in [-0.2, -0.15) is 26.3 Å². The molecule has 4 aromatic rings. The molecule has 1 atom stereocenters. The fourth-order valence-corrected chi connectivity index (χ4v) is 8.54. The van der Waals surface area contributed by atoms with Gasteiger partial charge in [0, 0.05) is 37.4 Å². The Bertz CT molecular complexity index is 2120. The van der Waals surface area contributed by atoms with Gasteiger partial charge in [0.2, 0.25) is 5.76 Å². The van der Waals surface area contributed by atoms with Crippen LogP contribution in [0, 0.1) is 12.7 Å². The van der Waals surface area contributed by atoms with E-state index >= 15 is 4.39 Å². The smallest absolute Gasteiger partial charge is 0.449 e. The number of piperazine rings is 1. The van der Waals surface area contributed by atoms with Crippen LogP contribution in [0.4, 0.5) is 36.4 Å².